The van der Waals surface area contributed by atoms with E-state index >= 15 is 0 Å². The van der Waals surface area contributed by atoms with Gasteiger partial charge in [0.15, 0.2) is 0 Å². The number of rotatable bonds is 4. The Kier molecular flexibility index (Phi) is 4.19. The fourth-order valence-corrected chi connectivity index (χ4v) is 4.00. The number of carbonyl (C=O) groups excluding carboxylic acids is 2. The highest BCUT2D eigenvalue weighted by molar-refractivity contribution is 7.99. The molecule has 1 heterocycles. The summed E-state index contributed by atoms with van der Waals surface area (Å²) < 4.78 is 0. The van der Waals surface area contributed by atoms with Gasteiger partial charge in [0.1, 0.15) is 5.54 Å². The molecule has 1 saturated carbocycles. The van der Waals surface area contributed by atoms with Crippen LogP contribution < -0.4 is 5.32 Å². The van der Waals surface area contributed by atoms with E-state index in [0.717, 1.165) is 42.8 Å². The number of imide groups is 1. The van der Waals surface area contributed by atoms with Crippen molar-refractivity contribution in [2.45, 2.75) is 42.5 Å². The third kappa shape index (κ3) is 2.93. The normalized spacial score (nSPS) is 20.9. The fraction of sp³-hybridized carbons (Fsp3) is 0.500. The zero-order chi connectivity index (χ0) is 14.7. The molecule has 1 N–H and O–H groups in total. The van der Waals surface area contributed by atoms with Gasteiger partial charge in [-0.3, -0.25) is 9.69 Å². The SMILES string of the molecule is O=C1NC2(CCCCC2)C(=O)N1CCSc1ccccc1. The lowest BCUT2D eigenvalue weighted by Crippen LogP contribution is -2.48. The Morgan fingerprint density at radius 3 is 2.52 bits per heavy atom. The van der Waals surface area contributed by atoms with Gasteiger partial charge in [-0.2, -0.15) is 0 Å². The summed E-state index contributed by atoms with van der Waals surface area (Å²) in [6.07, 6.45) is 4.80. The molecule has 21 heavy (non-hydrogen) atoms. The Labute approximate surface area is 129 Å². The Bertz CT molecular complexity index is 526. The van der Waals surface area contributed by atoms with Crippen LogP contribution in [0.5, 0.6) is 0 Å². The third-order valence-corrected chi connectivity index (χ3v) is 5.27. The molecule has 1 spiro atoms. The topological polar surface area (TPSA) is 49.4 Å². The van der Waals surface area contributed by atoms with Crippen LogP contribution in [0.1, 0.15) is 32.1 Å². The predicted molar refractivity (Wildman–Crippen MR) is 83.2 cm³/mol. The van der Waals surface area contributed by atoms with Gasteiger partial charge >= 0.3 is 6.03 Å². The summed E-state index contributed by atoms with van der Waals surface area (Å²) in [6, 6.07) is 9.84. The van der Waals surface area contributed by atoms with Gasteiger partial charge in [-0.15, -0.1) is 11.8 Å². The lowest BCUT2D eigenvalue weighted by atomic mass is 9.82. The highest BCUT2D eigenvalue weighted by Gasteiger charge is 2.50. The standard InChI is InChI=1S/C16H20N2O2S/c19-14-16(9-5-2-6-10-16)17-15(20)18(14)11-12-21-13-7-3-1-4-8-13/h1,3-4,7-8H,2,5-6,9-12H2,(H,17,20). The number of carbonyl (C=O) groups is 2. The number of nitrogens with one attached hydrogen (secondary N) is 1. The summed E-state index contributed by atoms with van der Waals surface area (Å²) in [5, 5.41) is 2.95. The molecule has 5 heteroatoms. The first-order chi connectivity index (χ1) is 10.2. The summed E-state index contributed by atoms with van der Waals surface area (Å²) in [5.41, 5.74) is -0.591. The summed E-state index contributed by atoms with van der Waals surface area (Å²) in [5.74, 6) is 0.722. The molecule has 112 valence electrons. The van der Waals surface area contributed by atoms with Crippen LogP contribution in [0, 0.1) is 0 Å². The summed E-state index contributed by atoms with van der Waals surface area (Å²) >= 11 is 1.67. The molecule has 1 saturated heterocycles. The van der Waals surface area contributed by atoms with E-state index in [0.29, 0.717) is 6.54 Å². The van der Waals surface area contributed by atoms with Gasteiger partial charge in [-0.1, -0.05) is 37.5 Å². The number of hydrogen-bond donors (Lipinski definition) is 1. The molecule has 0 radical (unpaired) electrons. The lowest BCUT2D eigenvalue weighted by molar-refractivity contribution is -0.132. The largest absolute Gasteiger partial charge is 0.325 e. The van der Waals surface area contributed by atoms with Gasteiger partial charge in [0.25, 0.3) is 5.91 Å². The van der Waals surface area contributed by atoms with E-state index in [9.17, 15) is 9.59 Å². The van der Waals surface area contributed by atoms with Crippen molar-refractivity contribution in [1.29, 1.82) is 0 Å². The predicted octanol–water partition coefficient (Wildman–Crippen LogP) is 3.03. The molecule has 1 aliphatic carbocycles. The van der Waals surface area contributed by atoms with Crippen molar-refractivity contribution in [3.05, 3.63) is 30.3 Å². The lowest BCUT2D eigenvalue weighted by Gasteiger charge is -2.30. The smallest absolute Gasteiger partial charge is 0.323 e. The van der Waals surface area contributed by atoms with Crippen molar-refractivity contribution >= 4 is 23.7 Å². The van der Waals surface area contributed by atoms with Crippen molar-refractivity contribution in [1.82, 2.24) is 10.2 Å². The van der Waals surface area contributed by atoms with E-state index in [4.69, 9.17) is 0 Å². The fourth-order valence-electron chi connectivity index (χ4n) is 3.14. The van der Waals surface area contributed by atoms with Gasteiger partial charge in [0, 0.05) is 17.2 Å². The van der Waals surface area contributed by atoms with Crippen molar-refractivity contribution in [2.24, 2.45) is 0 Å². The molecule has 3 rings (SSSR count). The highest BCUT2D eigenvalue weighted by Crippen LogP contribution is 2.33. The Morgan fingerprint density at radius 2 is 1.81 bits per heavy atom. The second-order valence-corrected chi connectivity index (χ2v) is 6.86. The number of hydrogen-bond acceptors (Lipinski definition) is 3. The summed E-state index contributed by atoms with van der Waals surface area (Å²) in [4.78, 5) is 27.2. The minimum Gasteiger partial charge on any atom is -0.323 e. The van der Waals surface area contributed by atoms with Crippen molar-refractivity contribution in [2.75, 3.05) is 12.3 Å². The molecule has 1 aliphatic heterocycles. The molecule has 0 unspecified atom stereocenters. The second-order valence-electron chi connectivity index (χ2n) is 5.69. The van der Waals surface area contributed by atoms with Crippen LogP contribution in [0.2, 0.25) is 0 Å². The first-order valence-corrected chi connectivity index (χ1v) is 8.52. The van der Waals surface area contributed by atoms with Crippen molar-refractivity contribution < 1.29 is 9.59 Å². The maximum absolute atomic E-state index is 12.6. The maximum Gasteiger partial charge on any atom is 0.325 e. The number of thioether (sulfide) groups is 1. The molecule has 2 aliphatic rings. The molecule has 0 atom stereocenters. The molecule has 2 fully saturated rings. The van der Waals surface area contributed by atoms with E-state index in [-0.39, 0.29) is 11.9 Å². The van der Waals surface area contributed by atoms with Gasteiger partial charge in [-0.05, 0) is 25.0 Å². The first kappa shape index (κ1) is 14.4. The van der Waals surface area contributed by atoms with Crippen LogP contribution in [0.3, 0.4) is 0 Å². The quantitative estimate of drug-likeness (QED) is 0.687. The molecular formula is C16H20N2O2S. The average molecular weight is 304 g/mol. The molecular weight excluding hydrogens is 284 g/mol. The monoisotopic (exact) mass is 304 g/mol. The van der Waals surface area contributed by atoms with Crippen molar-refractivity contribution in [3.63, 3.8) is 0 Å². The number of nitrogens with zero attached hydrogens (tertiary/aromatic N) is 1. The number of urea groups is 1. The van der Waals surface area contributed by atoms with Crippen LogP contribution >= 0.6 is 11.8 Å². The van der Waals surface area contributed by atoms with Crippen LogP contribution in [-0.4, -0.2) is 34.7 Å². The molecule has 4 nitrogen and oxygen atoms in total. The molecule has 3 amide bonds. The highest BCUT2D eigenvalue weighted by atomic mass is 32.2. The number of amides is 3. The Hall–Kier alpha value is -1.49. The zero-order valence-corrected chi connectivity index (χ0v) is 12.8. The molecule has 0 aromatic heterocycles. The minimum atomic E-state index is -0.591. The van der Waals surface area contributed by atoms with Crippen LogP contribution in [-0.2, 0) is 4.79 Å². The maximum atomic E-state index is 12.6. The van der Waals surface area contributed by atoms with Crippen molar-refractivity contribution in [3.8, 4) is 0 Å². The third-order valence-electron chi connectivity index (χ3n) is 4.28. The van der Waals surface area contributed by atoms with Gasteiger partial charge in [0.05, 0.1) is 0 Å². The van der Waals surface area contributed by atoms with Gasteiger partial charge in [0.2, 0.25) is 0 Å². The Balaban J connectivity index is 1.58. The van der Waals surface area contributed by atoms with Gasteiger partial charge in [-0.25, -0.2) is 4.79 Å². The van der Waals surface area contributed by atoms with E-state index < -0.39 is 5.54 Å². The minimum absolute atomic E-state index is 0.0131. The summed E-state index contributed by atoms with van der Waals surface area (Å²) in [6.45, 7) is 0.478. The molecule has 0 bridgehead atoms. The van der Waals surface area contributed by atoms with Crippen LogP contribution in [0.15, 0.2) is 35.2 Å². The Morgan fingerprint density at radius 1 is 1.10 bits per heavy atom. The first-order valence-electron chi connectivity index (χ1n) is 7.53. The van der Waals surface area contributed by atoms with Crippen LogP contribution in [0.25, 0.3) is 0 Å². The summed E-state index contributed by atoms with van der Waals surface area (Å²) in [7, 11) is 0. The second kappa shape index (κ2) is 6.10. The van der Waals surface area contributed by atoms with Gasteiger partial charge < -0.3 is 5.32 Å². The van der Waals surface area contributed by atoms with E-state index in [1.807, 2.05) is 30.3 Å². The molecule has 1 aromatic carbocycles. The number of benzene rings is 1. The van der Waals surface area contributed by atoms with E-state index in [1.165, 1.54) is 4.90 Å². The average Bonchev–Trinajstić information content (AvgIpc) is 2.73. The molecule has 1 aromatic rings. The van der Waals surface area contributed by atoms with Crippen LogP contribution in [0.4, 0.5) is 4.79 Å². The van der Waals surface area contributed by atoms with E-state index in [1.54, 1.807) is 11.8 Å². The zero-order valence-electron chi connectivity index (χ0n) is 12.0. The van der Waals surface area contributed by atoms with E-state index in [2.05, 4.69) is 5.32 Å².